The fourth-order valence-electron chi connectivity index (χ4n) is 6.04. The number of hydrogen-bond acceptors (Lipinski definition) is 7. The summed E-state index contributed by atoms with van der Waals surface area (Å²) in [6.07, 6.45) is 4.38. The Kier molecular flexibility index (Phi) is 10.9. The molecule has 0 spiro atoms. The molecule has 41 heavy (non-hydrogen) atoms. The molecule has 1 fully saturated rings. The molecule has 0 radical (unpaired) electrons. The Hall–Kier alpha value is -3.30. The minimum atomic E-state index is -0.867. The summed E-state index contributed by atoms with van der Waals surface area (Å²) in [6.45, 7) is 5.35. The molecule has 9 nitrogen and oxygen atoms in total. The number of methoxy groups -OCH3 is 1. The van der Waals surface area contributed by atoms with Crippen LogP contribution in [0, 0.1) is 5.92 Å². The standard InChI is InChI=1S/C32H45N3O6/c1-5-6-16-34(17-10-9-15-33(2)3)30(36)21-35-20-25(23-13-14-28-29(19-23)41-22-40-28)31(32(37)38)26(35)18-24-11-7-8-12-27(24)39-4/h7-8,11-14,19,25-26,31H,5-6,9-10,15-18,20-22H2,1-4H3,(H,37,38)/t25-,26+,31?/m1/s1. The van der Waals surface area contributed by atoms with E-state index in [2.05, 4.69) is 30.8 Å². The van der Waals surface area contributed by atoms with Gasteiger partial charge in [0.05, 0.1) is 19.6 Å². The molecule has 2 aliphatic rings. The Balaban J connectivity index is 1.61. The van der Waals surface area contributed by atoms with Crippen LogP contribution in [-0.4, -0.2) is 98.4 Å². The summed E-state index contributed by atoms with van der Waals surface area (Å²) in [7, 11) is 5.75. The summed E-state index contributed by atoms with van der Waals surface area (Å²) in [5.41, 5.74) is 1.81. The highest BCUT2D eigenvalue weighted by molar-refractivity contribution is 5.79. The van der Waals surface area contributed by atoms with Crippen LogP contribution < -0.4 is 14.2 Å². The second-order valence-electron chi connectivity index (χ2n) is 11.3. The number of amides is 1. The quantitative estimate of drug-likeness (QED) is 0.322. The van der Waals surface area contributed by atoms with E-state index in [0.717, 1.165) is 55.6 Å². The van der Waals surface area contributed by atoms with Gasteiger partial charge in [0.25, 0.3) is 0 Å². The summed E-state index contributed by atoms with van der Waals surface area (Å²) in [4.78, 5) is 32.9. The second-order valence-corrected chi connectivity index (χ2v) is 11.3. The molecule has 2 aliphatic heterocycles. The van der Waals surface area contributed by atoms with Crippen LogP contribution in [0.2, 0.25) is 0 Å². The number of carboxylic acid groups (broad SMARTS) is 1. The highest BCUT2D eigenvalue weighted by atomic mass is 16.7. The smallest absolute Gasteiger partial charge is 0.308 e. The number of para-hydroxylation sites is 1. The number of rotatable bonds is 15. The van der Waals surface area contributed by atoms with Gasteiger partial charge in [-0.1, -0.05) is 37.6 Å². The van der Waals surface area contributed by atoms with Crippen LogP contribution in [0.1, 0.15) is 49.7 Å². The number of carboxylic acids is 1. The molecule has 0 bridgehead atoms. The predicted octanol–water partition coefficient (Wildman–Crippen LogP) is 4.11. The van der Waals surface area contributed by atoms with Crippen LogP contribution in [0.3, 0.4) is 0 Å². The first-order chi connectivity index (χ1) is 19.8. The molecule has 2 aromatic carbocycles. The van der Waals surface area contributed by atoms with Crippen molar-refractivity contribution in [1.29, 1.82) is 0 Å². The Morgan fingerprint density at radius 3 is 2.49 bits per heavy atom. The molecule has 4 rings (SSSR count). The first-order valence-corrected chi connectivity index (χ1v) is 14.7. The van der Waals surface area contributed by atoms with Gasteiger partial charge in [-0.15, -0.1) is 0 Å². The lowest BCUT2D eigenvalue weighted by molar-refractivity contribution is -0.143. The topological polar surface area (TPSA) is 91.8 Å². The summed E-state index contributed by atoms with van der Waals surface area (Å²) in [5, 5.41) is 10.6. The van der Waals surface area contributed by atoms with E-state index in [9.17, 15) is 14.7 Å². The maximum absolute atomic E-state index is 13.8. The van der Waals surface area contributed by atoms with E-state index in [1.165, 1.54) is 0 Å². The Morgan fingerprint density at radius 1 is 1.02 bits per heavy atom. The lowest BCUT2D eigenvalue weighted by atomic mass is 9.83. The van der Waals surface area contributed by atoms with Crippen molar-refractivity contribution in [2.75, 3.05) is 60.7 Å². The molecule has 1 saturated heterocycles. The fraction of sp³-hybridized carbons (Fsp3) is 0.562. The van der Waals surface area contributed by atoms with Gasteiger partial charge in [0.1, 0.15) is 5.75 Å². The first kappa shape index (κ1) is 30.7. The Bertz CT molecular complexity index is 1170. The van der Waals surface area contributed by atoms with Crippen molar-refractivity contribution < 1.29 is 28.9 Å². The Labute approximate surface area is 244 Å². The molecule has 3 atom stereocenters. The SMILES string of the molecule is CCCCN(CCCCN(C)C)C(=O)CN1C[C@H](c2ccc3c(c2)OCO3)C(C(=O)O)[C@@H]1Cc1ccccc1OC. The average molecular weight is 568 g/mol. The van der Waals surface area contributed by atoms with Gasteiger partial charge in [-0.05, 0) is 75.6 Å². The van der Waals surface area contributed by atoms with E-state index in [4.69, 9.17) is 14.2 Å². The maximum Gasteiger partial charge on any atom is 0.308 e. The normalized spacial score (nSPS) is 20.0. The molecular weight excluding hydrogens is 522 g/mol. The van der Waals surface area contributed by atoms with Crippen LogP contribution in [0.15, 0.2) is 42.5 Å². The molecule has 0 aromatic heterocycles. The van der Waals surface area contributed by atoms with Gasteiger partial charge in [-0.3, -0.25) is 14.5 Å². The number of nitrogens with zero attached hydrogens (tertiary/aromatic N) is 3. The molecule has 2 heterocycles. The lowest BCUT2D eigenvalue weighted by Gasteiger charge is -2.30. The molecule has 0 saturated carbocycles. The summed E-state index contributed by atoms with van der Waals surface area (Å²) < 4.78 is 16.7. The monoisotopic (exact) mass is 567 g/mol. The minimum absolute atomic E-state index is 0.0591. The first-order valence-electron chi connectivity index (χ1n) is 14.7. The van der Waals surface area contributed by atoms with Crippen LogP contribution in [0.4, 0.5) is 0 Å². The van der Waals surface area contributed by atoms with Gasteiger partial charge < -0.3 is 29.1 Å². The van der Waals surface area contributed by atoms with Crippen molar-refractivity contribution in [3.63, 3.8) is 0 Å². The third-order valence-corrected chi connectivity index (χ3v) is 8.24. The third kappa shape index (κ3) is 7.71. The lowest BCUT2D eigenvalue weighted by Crippen LogP contribution is -2.45. The zero-order valence-electron chi connectivity index (χ0n) is 24.9. The molecule has 1 amide bonds. The summed E-state index contributed by atoms with van der Waals surface area (Å²) in [6, 6.07) is 13.0. The van der Waals surface area contributed by atoms with Gasteiger partial charge in [-0.25, -0.2) is 0 Å². The van der Waals surface area contributed by atoms with Gasteiger partial charge >= 0.3 is 5.97 Å². The maximum atomic E-state index is 13.8. The van der Waals surface area contributed by atoms with Crippen LogP contribution >= 0.6 is 0 Å². The van der Waals surface area contributed by atoms with Crippen molar-refractivity contribution >= 4 is 11.9 Å². The molecule has 9 heteroatoms. The Morgan fingerprint density at radius 2 is 1.76 bits per heavy atom. The number of ether oxygens (including phenoxy) is 3. The van der Waals surface area contributed by atoms with E-state index in [0.29, 0.717) is 31.0 Å². The van der Waals surface area contributed by atoms with Crippen molar-refractivity contribution in [3.8, 4) is 17.2 Å². The van der Waals surface area contributed by atoms with Crippen molar-refractivity contribution in [2.45, 2.75) is 51.0 Å². The van der Waals surface area contributed by atoms with E-state index in [1.54, 1.807) is 7.11 Å². The second kappa shape index (κ2) is 14.5. The summed E-state index contributed by atoms with van der Waals surface area (Å²) in [5.74, 6) is 0.191. The molecule has 1 unspecified atom stereocenters. The number of aliphatic carboxylic acids is 1. The predicted molar refractivity (Wildman–Crippen MR) is 158 cm³/mol. The van der Waals surface area contributed by atoms with E-state index in [1.807, 2.05) is 47.4 Å². The third-order valence-electron chi connectivity index (χ3n) is 8.24. The number of hydrogen-bond donors (Lipinski definition) is 1. The van der Waals surface area contributed by atoms with Gasteiger partial charge in [0, 0.05) is 31.6 Å². The molecule has 2 aromatic rings. The largest absolute Gasteiger partial charge is 0.496 e. The number of fused-ring (bicyclic) bond motifs is 1. The molecule has 0 aliphatic carbocycles. The van der Waals surface area contributed by atoms with Crippen molar-refractivity contribution in [1.82, 2.24) is 14.7 Å². The zero-order chi connectivity index (χ0) is 29.4. The minimum Gasteiger partial charge on any atom is -0.496 e. The highest BCUT2D eigenvalue weighted by Crippen LogP contribution is 2.43. The average Bonchev–Trinajstić information content (AvgIpc) is 3.57. The number of likely N-dealkylation sites (tertiary alicyclic amines) is 1. The highest BCUT2D eigenvalue weighted by Gasteiger charge is 2.47. The van der Waals surface area contributed by atoms with Crippen LogP contribution in [0.5, 0.6) is 17.2 Å². The van der Waals surface area contributed by atoms with Crippen molar-refractivity contribution in [2.24, 2.45) is 5.92 Å². The zero-order valence-corrected chi connectivity index (χ0v) is 24.9. The van der Waals surface area contributed by atoms with Gasteiger partial charge in [0.15, 0.2) is 11.5 Å². The van der Waals surface area contributed by atoms with Gasteiger partial charge in [0.2, 0.25) is 12.7 Å². The van der Waals surface area contributed by atoms with E-state index in [-0.39, 0.29) is 31.2 Å². The number of unbranched alkanes of at least 4 members (excludes halogenated alkanes) is 2. The van der Waals surface area contributed by atoms with E-state index >= 15 is 0 Å². The van der Waals surface area contributed by atoms with E-state index < -0.39 is 11.9 Å². The van der Waals surface area contributed by atoms with Gasteiger partial charge in [-0.2, -0.15) is 0 Å². The number of carbonyl (C=O) groups excluding carboxylic acids is 1. The fourth-order valence-corrected chi connectivity index (χ4v) is 6.04. The molecular formula is C32H45N3O6. The van der Waals surface area contributed by atoms with Crippen molar-refractivity contribution in [3.05, 3.63) is 53.6 Å². The van der Waals surface area contributed by atoms with Crippen LogP contribution in [-0.2, 0) is 16.0 Å². The molecule has 1 N–H and O–H groups in total. The number of carbonyl (C=O) groups is 2. The molecule has 224 valence electrons. The number of benzene rings is 2. The summed E-state index contributed by atoms with van der Waals surface area (Å²) >= 11 is 0. The van der Waals surface area contributed by atoms with Crippen LogP contribution in [0.25, 0.3) is 0 Å².